The molecule has 0 spiro atoms. The Hall–Kier alpha value is -9.24. The molecule has 0 atom stereocenters. The van der Waals surface area contributed by atoms with E-state index >= 15 is 0 Å². The van der Waals surface area contributed by atoms with Crippen LogP contribution in [0.15, 0.2) is 218 Å². The van der Waals surface area contributed by atoms with E-state index in [1.54, 1.807) is 0 Å². The molecule has 1 aromatic heterocycles. The Morgan fingerprint density at radius 1 is 0.171 bits per heavy atom. The van der Waals surface area contributed by atoms with Crippen molar-refractivity contribution in [3.05, 3.63) is 263 Å². The standard InChI is InChI=1S/C68H44N2/c1-5-13-53-41-61-33-45(17-25-57(61)37-49(53)9-1)21-29-65-66(30-22-46-18-26-58-38-50-10-2-6-14-54(50)42-62(58)34-46)70-68(32-24-48-20-28-60-40-52-12-4-8-16-56(52)44-64(60)36-48)67(69-65)31-23-47-19-27-59-39-51-11-3-7-15-55(51)43-63(59)35-47/h1-44H. The summed E-state index contributed by atoms with van der Waals surface area (Å²) in [4.78, 5) is 10.9. The van der Waals surface area contributed by atoms with Crippen LogP contribution >= 0.6 is 0 Å². The lowest BCUT2D eigenvalue weighted by Gasteiger charge is -2.09. The summed E-state index contributed by atoms with van der Waals surface area (Å²) in [7, 11) is 0. The lowest BCUT2D eigenvalue weighted by molar-refractivity contribution is 1.12. The highest BCUT2D eigenvalue weighted by Crippen LogP contribution is 2.30. The van der Waals surface area contributed by atoms with Gasteiger partial charge in [-0.2, -0.15) is 0 Å². The molecule has 0 aliphatic heterocycles. The molecule has 0 aliphatic carbocycles. The number of benzene rings is 12. The largest absolute Gasteiger partial charge is 0.245 e. The van der Waals surface area contributed by atoms with Crippen molar-refractivity contribution in [2.24, 2.45) is 0 Å². The summed E-state index contributed by atoms with van der Waals surface area (Å²) in [6.07, 6.45) is 17.1. The monoisotopic (exact) mass is 888 g/mol. The number of rotatable bonds is 8. The number of fused-ring (bicyclic) bond motifs is 8. The van der Waals surface area contributed by atoms with Crippen LogP contribution in [0.4, 0.5) is 0 Å². The maximum atomic E-state index is 5.46. The highest BCUT2D eigenvalue weighted by Gasteiger charge is 2.10. The van der Waals surface area contributed by atoms with Gasteiger partial charge in [0.2, 0.25) is 0 Å². The third-order valence-electron chi connectivity index (χ3n) is 13.7. The number of hydrogen-bond acceptors (Lipinski definition) is 2. The van der Waals surface area contributed by atoms with Crippen LogP contribution in [0.1, 0.15) is 45.0 Å². The minimum atomic E-state index is 0.779. The average Bonchev–Trinajstić information content (AvgIpc) is 3.40. The summed E-state index contributed by atoms with van der Waals surface area (Å²) in [6, 6.07) is 79.0. The fourth-order valence-corrected chi connectivity index (χ4v) is 9.93. The molecule has 12 aromatic carbocycles. The van der Waals surface area contributed by atoms with Crippen molar-refractivity contribution in [1.29, 1.82) is 0 Å². The summed E-state index contributed by atoms with van der Waals surface area (Å²) in [5, 5.41) is 19.5. The van der Waals surface area contributed by atoms with Crippen molar-refractivity contribution in [3.63, 3.8) is 0 Å². The number of nitrogens with zero attached hydrogens (tertiary/aromatic N) is 2. The summed E-state index contributed by atoms with van der Waals surface area (Å²) >= 11 is 0. The van der Waals surface area contributed by atoms with E-state index in [2.05, 4.69) is 267 Å². The number of aromatic nitrogens is 2. The first-order chi connectivity index (χ1) is 34.6. The van der Waals surface area contributed by atoms with Crippen molar-refractivity contribution < 1.29 is 0 Å². The highest BCUT2D eigenvalue weighted by atomic mass is 14.8. The lowest BCUT2D eigenvalue weighted by atomic mass is 10.0. The minimum Gasteiger partial charge on any atom is -0.245 e. The van der Waals surface area contributed by atoms with Crippen LogP contribution in [0.25, 0.3) is 135 Å². The number of hydrogen-bond donors (Lipinski definition) is 0. The van der Waals surface area contributed by atoms with E-state index in [1.807, 2.05) is 0 Å². The van der Waals surface area contributed by atoms with E-state index in [-0.39, 0.29) is 0 Å². The van der Waals surface area contributed by atoms with Crippen molar-refractivity contribution >= 4 is 135 Å². The molecule has 2 heteroatoms. The van der Waals surface area contributed by atoms with Crippen LogP contribution in [-0.4, -0.2) is 9.97 Å². The summed E-state index contributed by atoms with van der Waals surface area (Å²) in [5.74, 6) is 0. The van der Waals surface area contributed by atoms with Crippen molar-refractivity contribution in [3.8, 4) is 0 Å². The molecule has 0 bridgehead atoms. The molecule has 1 heterocycles. The maximum absolute atomic E-state index is 5.46. The van der Waals surface area contributed by atoms with Crippen LogP contribution in [0.5, 0.6) is 0 Å². The second-order valence-electron chi connectivity index (χ2n) is 18.3. The van der Waals surface area contributed by atoms with Crippen LogP contribution < -0.4 is 0 Å². The smallest absolute Gasteiger partial charge is 0.0894 e. The molecule has 13 rings (SSSR count). The maximum Gasteiger partial charge on any atom is 0.0894 e. The second-order valence-corrected chi connectivity index (χ2v) is 18.3. The Labute approximate surface area is 406 Å². The van der Waals surface area contributed by atoms with Gasteiger partial charge < -0.3 is 0 Å². The van der Waals surface area contributed by atoms with Gasteiger partial charge in [0.15, 0.2) is 0 Å². The van der Waals surface area contributed by atoms with Crippen molar-refractivity contribution in [1.82, 2.24) is 9.97 Å². The summed E-state index contributed by atoms with van der Waals surface area (Å²) in [5.41, 5.74) is 7.49. The van der Waals surface area contributed by atoms with Gasteiger partial charge in [-0.25, -0.2) is 9.97 Å². The predicted octanol–water partition coefficient (Wildman–Crippen LogP) is 18.4. The van der Waals surface area contributed by atoms with Crippen LogP contribution in [0.2, 0.25) is 0 Å². The fraction of sp³-hybridized carbons (Fsp3) is 0. The zero-order valence-electron chi connectivity index (χ0n) is 38.3. The van der Waals surface area contributed by atoms with Gasteiger partial charge in [0, 0.05) is 0 Å². The normalized spacial score (nSPS) is 12.3. The first-order valence-corrected chi connectivity index (χ1v) is 23.9. The highest BCUT2D eigenvalue weighted by molar-refractivity contribution is 6.03. The van der Waals surface area contributed by atoms with Gasteiger partial charge >= 0.3 is 0 Å². The zero-order valence-corrected chi connectivity index (χ0v) is 38.3. The van der Waals surface area contributed by atoms with Crippen LogP contribution in [0.3, 0.4) is 0 Å². The SMILES string of the molecule is C(=Cc1nc(C=Cc2ccc3cc4ccccc4cc3c2)c(C=Cc2ccc3cc4ccccc4cc3c2)nc1C=Cc1ccc2cc3ccccc3cc2c1)c1ccc2cc3ccccc3cc2c1. The molecule has 70 heavy (non-hydrogen) atoms. The van der Waals surface area contributed by atoms with E-state index in [9.17, 15) is 0 Å². The van der Waals surface area contributed by atoms with Gasteiger partial charge in [-0.15, -0.1) is 0 Å². The van der Waals surface area contributed by atoms with E-state index in [0.29, 0.717) is 0 Å². The molecule has 13 aromatic rings. The van der Waals surface area contributed by atoms with Crippen molar-refractivity contribution in [2.45, 2.75) is 0 Å². The predicted molar refractivity (Wildman–Crippen MR) is 304 cm³/mol. The first kappa shape index (κ1) is 41.0. The van der Waals surface area contributed by atoms with Crippen molar-refractivity contribution in [2.75, 3.05) is 0 Å². The third kappa shape index (κ3) is 8.19. The lowest BCUT2D eigenvalue weighted by Crippen LogP contribution is -2.00. The minimum absolute atomic E-state index is 0.779. The van der Waals surface area contributed by atoms with Gasteiger partial charge in [-0.1, -0.05) is 170 Å². The molecule has 0 saturated heterocycles. The molecular weight excluding hydrogens is 845 g/mol. The second kappa shape index (κ2) is 17.4. The molecule has 0 fully saturated rings. The molecule has 0 radical (unpaired) electrons. The Balaban J connectivity index is 0.940. The molecule has 326 valence electrons. The first-order valence-electron chi connectivity index (χ1n) is 23.9. The molecule has 0 unspecified atom stereocenters. The third-order valence-corrected chi connectivity index (χ3v) is 13.7. The zero-order chi connectivity index (χ0) is 46.4. The Bertz CT molecular complexity index is 3800. The summed E-state index contributed by atoms with van der Waals surface area (Å²) < 4.78 is 0. The van der Waals surface area contributed by atoms with Crippen LogP contribution in [-0.2, 0) is 0 Å². The Morgan fingerprint density at radius 2 is 0.357 bits per heavy atom. The Kier molecular flexibility index (Phi) is 10.2. The Morgan fingerprint density at radius 3 is 0.571 bits per heavy atom. The molecular formula is C68H44N2. The molecule has 0 aliphatic rings. The van der Waals surface area contributed by atoms with Gasteiger partial charge in [-0.3, -0.25) is 0 Å². The molecule has 0 N–H and O–H groups in total. The molecule has 0 amide bonds. The summed E-state index contributed by atoms with van der Waals surface area (Å²) in [6.45, 7) is 0. The molecule has 2 nitrogen and oxygen atoms in total. The van der Waals surface area contributed by atoms with E-state index in [1.165, 1.54) is 86.2 Å². The fourth-order valence-electron chi connectivity index (χ4n) is 9.93. The molecule has 0 saturated carbocycles. The van der Waals surface area contributed by atoms with Gasteiger partial charge in [0.25, 0.3) is 0 Å². The van der Waals surface area contributed by atoms with Gasteiger partial charge in [-0.05, 0) is 206 Å². The topological polar surface area (TPSA) is 25.8 Å². The average molecular weight is 889 g/mol. The van der Waals surface area contributed by atoms with Crippen LogP contribution in [0, 0.1) is 0 Å². The van der Waals surface area contributed by atoms with E-state index in [4.69, 9.17) is 9.97 Å². The van der Waals surface area contributed by atoms with Gasteiger partial charge in [0.1, 0.15) is 0 Å². The van der Waals surface area contributed by atoms with E-state index in [0.717, 1.165) is 45.0 Å². The van der Waals surface area contributed by atoms with E-state index < -0.39 is 0 Å². The quantitative estimate of drug-likeness (QED) is 0.142. The van der Waals surface area contributed by atoms with Gasteiger partial charge in [0.05, 0.1) is 22.8 Å².